The average molecular weight is 308 g/mol. The van der Waals surface area contributed by atoms with Crippen LogP contribution in [0.15, 0.2) is 24.3 Å². The van der Waals surface area contributed by atoms with E-state index in [0.717, 1.165) is 29.8 Å². The van der Waals surface area contributed by atoms with E-state index < -0.39 is 0 Å². The van der Waals surface area contributed by atoms with Crippen LogP contribution in [0.4, 0.5) is 9.52 Å². The van der Waals surface area contributed by atoms with Crippen LogP contribution in [0.25, 0.3) is 0 Å². The van der Waals surface area contributed by atoms with Crippen molar-refractivity contribution >= 4 is 22.4 Å². The van der Waals surface area contributed by atoms with Gasteiger partial charge in [0.05, 0.1) is 6.42 Å². The zero-order valence-electron chi connectivity index (χ0n) is 11.5. The Morgan fingerprint density at radius 2 is 2.00 bits per heavy atom. The Morgan fingerprint density at radius 1 is 1.24 bits per heavy atom. The number of aromatic nitrogens is 2. The summed E-state index contributed by atoms with van der Waals surface area (Å²) in [6.07, 6.45) is 2.92. The first-order chi connectivity index (χ1) is 10.2. The van der Waals surface area contributed by atoms with Crippen molar-refractivity contribution in [1.82, 2.24) is 10.2 Å². The fourth-order valence-corrected chi connectivity index (χ4v) is 2.57. The van der Waals surface area contributed by atoms with E-state index >= 15 is 0 Å². The molecule has 0 radical (unpaired) electrons. The minimum absolute atomic E-state index is 0.183. The third-order valence-electron chi connectivity index (χ3n) is 2.84. The SMILES string of the molecule is NCCCCc1nnc(NC(=O)Cc2ccc(F)cc2)s1. The molecular formula is C14H17FN4OS. The van der Waals surface area contributed by atoms with Crippen molar-refractivity contribution in [2.45, 2.75) is 25.7 Å². The largest absolute Gasteiger partial charge is 0.330 e. The molecule has 1 heterocycles. The first-order valence-corrected chi connectivity index (χ1v) is 7.56. The van der Waals surface area contributed by atoms with Crippen LogP contribution < -0.4 is 11.1 Å². The van der Waals surface area contributed by atoms with Crippen LogP contribution in [0.3, 0.4) is 0 Å². The number of nitrogens with two attached hydrogens (primary N) is 1. The van der Waals surface area contributed by atoms with E-state index in [4.69, 9.17) is 5.73 Å². The summed E-state index contributed by atoms with van der Waals surface area (Å²) in [6.45, 7) is 0.667. The number of nitrogens with one attached hydrogen (secondary N) is 1. The van der Waals surface area contributed by atoms with E-state index in [9.17, 15) is 9.18 Å². The molecule has 2 rings (SSSR count). The third-order valence-corrected chi connectivity index (χ3v) is 3.73. The Kier molecular flexibility index (Phi) is 5.77. The molecule has 0 aliphatic heterocycles. The lowest BCUT2D eigenvalue weighted by molar-refractivity contribution is -0.115. The van der Waals surface area contributed by atoms with Crippen LogP contribution in [0.2, 0.25) is 0 Å². The maximum atomic E-state index is 12.8. The molecule has 5 nitrogen and oxygen atoms in total. The van der Waals surface area contributed by atoms with Gasteiger partial charge in [-0.2, -0.15) is 0 Å². The highest BCUT2D eigenvalue weighted by molar-refractivity contribution is 7.15. The molecular weight excluding hydrogens is 291 g/mol. The standard InChI is InChI=1S/C14H17FN4OS/c15-11-6-4-10(5-7-11)9-12(20)17-14-19-18-13(21-14)3-1-2-8-16/h4-7H,1-3,8-9,16H2,(H,17,19,20). The fraction of sp³-hybridized carbons (Fsp3) is 0.357. The summed E-state index contributed by atoms with van der Waals surface area (Å²) in [5.74, 6) is -0.503. The Bertz CT molecular complexity index is 585. The van der Waals surface area contributed by atoms with Crippen LogP contribution in [0.1, 0.15) is 23.4 Å². The Labute approximate surface area is 126 Å². The lowest BCUT2D eigenvalue weighted by atomic mass is 10.1. The minimum Gasteiger partial charge on any atom is -0.330 e. The number of benzene rings is 1. The summed E-state index contributed by atoms with van der Waals surface area (Å²) in [6, 6.07) is 5.85. The Hall–Kier alpha value is -1.86. The van der Waals surface area contributed by atoms with Crippen LogP contribution in [0.5, 0.6) is 0 Å². The van der Waals surface area contributed by atoms with Gasteiger partial charge in [-0.1, -0.05) is 23.5 Å². The number of halogens is 1. The number of rotatable bonds is 7. The summed E-state index contributed by atoms with van der Waals surface area (Å²) in [4.78, 5) is 11.9. The molecule has 0 fully saturated rings. The molecule has 0 saturated heterocycles. The van der Waals surface area contributed by atoms with E-state index in [2.05, 4.69) is 15.5 Å². The summed E-state index contributed by atoms with van der Waals surface area (Å²) in [5.41, 5.74) is 6.18. The maximum absolute atomic E-state index is 12.8. The number of hydrogen-bond donors (Lipinski definition) is 2. The summed E-state index contributed by atoms with van der Waals surface area (Å²) in [7, 11) is 0. The number of carbonyl (C=O) groups is 1. The van der Waals surface area contributed by atoms with Gasteiger partial charge in [0.15, 0.2) is 0 Å². The highest BCUT2D eigenvalue weighted by Gasteiger charge is 2.09. The molecule has 0 aliphatic carbocycles. The molecule has 7 heteroatoms. The van der Waals surface area contributed by atoms with Crippen LogP contribution in [0, 0.1) is 5.82 Å². The van der Waals surface area contributed by atoms with Crippen molar-refractivity contribution in [3.63, 3.8) is 0 Å². The van der Waals surface area contributed by atoms with Gasteiger partial charge in [0.25, 0.3) is 0 Å². The molecule has 0 aliphatic rings. The van der Waals surface area contributed by atoms with Gasteiger partial charge in [-0.25, -0.2) is 4.39 Å². The fourth-order valence-electron chi connectivity index (χ4n) is 1.78. The molecule has 3 N–H and O–H groups in total. The molecule has 0 bridgehead atoms. The van der Waals surface area contributed by atoms with E-state index in [-0.39, 0.29) is 18.1 Å². The first kappa shape index (κ1) is 15.5. The average Bonchev–Trinajstić information content (AvgIpc) is 2.89. The second-order valence-electron chi connectivity index (χ2n) is 4.60. The minimum atomic E-state index is -0.314. The van der Waals surface area contributed by atoms with Crippen LogP contribution in [-0.4, -0.2) is 22.6 Å². The normalized spacial score (nSPS) is 10.6. The van der Waals surface area contributed by atoms with E-state index in [1.807, 2.05) is 0 Å². The van der Waals surface area contributed by atoms with Gasteiger partial charge in [-0.05, 0) is 37.1 Å². The van der Waals surface area contributed by atoms with Gasteiger partial charge in [0, 0.05) is 6.42 Å². The van der Waals surface area contributed by atoms with Crippen LogP contribution >= 0.6 is 11.3 Å². The molecule has 0 atom stereocenters. The lowest BCUT2D eigenvalue weighted by Gasteiger charge is -2.01. The molecule has 0 saturated carbocycles. The number of aryl methyl sites for hydroxylation is 1. The quantitative estimate of drug-likeness (QED) is 0.768. The topological polar surface area (TPSA) is 80.9 Å². The van der Waals surface area contributed by atoms with E-state index in [1.165, 1.54) is 23.5 Å². The number of hydrogen-bond acceptors (Lipinski definition) is 5. The van der Waals surface area contributed by atoms with E-state index in [1.54, 1.807) is 12.1 Å². The molecule has 21 heavy (non-hydrogen) atoms. The number of carbonyl (C=O) groups excluding carboxylic acids is 1. The number of anilines is 1. The van der Waals surface area contributed by atoms with Gasteiger partial charge in [0.1, 0.15) is 10.8 Å². The first-order valence-electron chi connectivity index (χ1n) is 6.74. The highest BCUT2D eigenvalue weighted by Crippen LogP contribution is 2.17. The molecule has 1 amide bonds. The second kappa shape index (κ2) is 7.80. The van der Waals surface area contributed by atoms with Crippen molar-refractivity contribution in [1.29, 1.82) is 0 Å². The number of unbranched alkanes of at least 4 members (excludes halogenated alkanes) is 1. The molecule has 2 aromatic rings. The molecule has 0 unspecified atom stereocenters. The zero-order chi connectivity index (χ0) is 15.1. The Balaban J connectivity index is 1.83. The summed E-state index contributed by atoms with van der Waals surface area (Å²) in [5, 5.41) is 12.0. The second-order valence-corrected chi connectivity index (χ2v) is 5.66. The number of amides is 1. The maximum Gasteiger partial charge on any atom is 0.230 e. The summed E-state index contributed by atoms with van der Waals surface area (Å²) < 4.78 is 12.8. The molecule has 1 aromatic carbocycles. The molecule has 1 aromatic heterocycles. The third kappa shape index (κ3) is 5.20. The van der Waals surface area contributed by atoms with Gasteiger partial charge in [0.2, 0.25) is 11.0 Å². The van der Waals surface area contributed by atoms with Crippen molar-refractivity contribution < 1.29 is 9.18 Å². The predicted molar refractivity (Wildman–Crippen MR) is 80.6 cm³/mol. The summed E-state index contributed by atoms with van der Waals surface area (Å²) >= 11 is 1.37. The predicted octanol–water partition coefficient (Wildman–Crippen LogP) is 2.14. The zero-order valence-corrected chi connectivity index (χ0v) is 12.3. The number of nitrogens with zero attached hydrogens (tertiary/aromatic N) is 2. The smallest absolute Gasteiger partial charge is 0.230 e. The van der Waals surface area contributed by atoms with Crippen molar-refractivity contribution in [2.24, 2.45) is 5.73 Å². The van der Waals surface area contributed by atoms with Crippen molar-refractivity contribution in [3.05, 3.63) is 40.7 Å². The van der Waals surface area contributed by atoms with Gasteiger partial charge in [-0.3, -0.25) is 4.79 Å². The highest BCUT2D eigenvalue weighted by atomic mass is 32.1. The van der Waals surface area contributed by atoms with Gasteiger partial charge in [-0.15, -0.1) is 10.2 Å². The van der Waals surface area contributed by atoms with Crippen LogP contribution in [-0.2, 0) is 17.6 Å². The monoisotopic (exact) mass is 308 g/mol. The lowest BCUT2D eigenvalue weighted by Crippen LogP contribution is -2.14. The Morgan fingerprint density at radius 3 is 2.71 bits per heavy atom. The van der Waals surface area contributed by atoms with E-state index in [0.29, 0.717) is 11.7 Å². The van der Waals surface area contributed by atoms with Crippen molar-refractivity contribution in [3.8, 4) is 0 Å². The molecule has 0 spiro atoms. The molecule has 112 valence electrons. The van der Waals surface area contributed by atoms with Crippen molar-refractivity contribution in [2.75, 3.05) is 11.9 Å². The van der Waals surface area contributed by atoms with Gasteiger partial charge < -0.3 is 11.1 Å². The van der Waals surface area contributed by atoms with Gasteiger partial charge >= 0.3 is 0 Å².